The van der Waals surface area contributed by atoms with Gasteiger partial charge >= 0.3 is 0 Å². The minimum atomic E-state index is -0.179. The number of carbonyl (C=O) groups excluding carboxylic acids is 1. The van der Waals surface area contributed by atoms with E-state index < -0.39 is 0 Å². The van der Waals surface area contributed by atoms with Crippen molar-refractivity contribution in [3.63, 3.8) is 0 Å². The van der Waals surface area contributed by atoms with Crippen molar-refractivity contribution in [2.45, 2.75) is 19.5 Å². The quantitative estimate of drug-likeness (QED) is 0.788. The van der Waals surface area contributed by atoms with Crippen molar-refractivity contribution in [1.29, 1.82) is 0 Å². The summed E-state index contributed by atoms with van der Waals surface area (Å²) in [6.45, 7) is 2.47. The van der Waals surface area contributed by atoms with Gasteiger partial charge in [0, 0.05) is 26.8 Å². The molecule has 1 atom stereocenters. The molecule has 0 unspecified atom stereocenters. The minimum Gasteiger partial charge on any atom is -0.347 e. The zero-order valence-electron chi connectivity index (χ0n) is 9.40. The predicted octanol–water partition coefficient (Wildman–Crippen LogP) is 0.648. The molecule has 0 spiro atoms. The van der Waals surface area contributed by atoms with Crippen LogP contribution in [0.5, 0.6) is 0 Å². The van der Waals surface area contributed by atoms with Gasteiger partial charge in [0.2, 0.25) is 5.91 Å². The smallest absolute Gasteiger partial charge is 0.238 e. The largest absolute Gasteiger partial charge is 0.347 e. The zero-order chi connectivity index (χ0) is 11.3. The molecule has 15 heavy (non-hydrogen) atoms. The maximum Gasteiger partial charge on any atom is 0.238 e. The Hall–Kier alpha value is -1.42. The molecule has 0 saturated heterocycles. The van der Waals surface area contributed by atoms with E-state index >= 15 is 0 Å². The van der Waals surface area contributed by atoms with Gasteiger partial charge in [0.05, 0.1) is 11.7 Å². The number of nitrogens with one attached hydrogen (secondary N) is 1. The number of carbonyl (C=O) groups is 1. The fraction of sp³-hybridized carbons (Fsp3) is 0.455. The van der Waals surface area contributed by atoms with Crippen molar-refractivity contribution < 1.29 is 4.79 Å². The summed E-state index contributed by atoms with van der Waals surface area (Å²) >= 11 is 0. The monoisotopic (exact) mass is 207 g/mol. The molecule has 4 nitrogen and oxygen atoms in total. The molecule has 0 bridgehead atoms. The number of pyridine rings is 1. The first kappa shape index (κ1) is 11.7. The Morgan fingerprint density at radius 3 is 2.80 bits per heavy atom. The normalized spacial score (nSPS) is 12.2. The van der Waals surface area contributed by atoms with Crippen LogP contribution in [0.3, 0.4) is 0 Å². The number of amides is 1. The lowest BCUT2D eigenvalue weighted by Crippen LogP contribution is -2.41. The Morgan fingerprint density at radius 1 is 1.53 bits per heavy atom. The van der Waals surface area contributed by atoms with Crippen LogP contribution in [0, 0.1) is 0 Å². The van der Waals surface area contributed by atoms with Crippen molar-refractivity contribution in [3.05, 3.63) is 30.1 Å². The predicted molar refractivity (Wildman–Crippen MR) is 59.2 cm³/mol. The van der Waals surface area contributed by atoms with Crippen LogP contribution < -0.4 is 5.32 Å². The Morgan fingerprint density at radius 2 is 2.27 bits per heavy atom. The third-order valence-corrected chi connectivity index (χ3v) is 2.13. The van der Waals surface area contributed by atoms with Crippen LogP contribution in [0.2, 0.25) is 0 Å². The molecule has 1 aromatic rings. The zero-order valence-corrected chi connectivity index (χ0v) is 9.40. The van der Waals surface area contributed by atoms with Gasteiger partial charge in [-0.3, -0.25) is 9.78 Å². The average Bonchev–Trinajstić information content (AvgIpc) is 2.26. The van der Waals surface area contributed by atoms with Gasteiger partial charge in [-0.15, -0.1) is 0 Å². The number of hydrogen-bond acceptors (Lipinski definition) is 3. The highest BCUT2D eigenvalue weighted by Crippen LogP contribution is 1.95. The van der Waals surface area contributed by atoms with E-state index in [-0.39, 0.29) is 11.9 Å². The fourth-order valence-corrected chi connectivity index (χ4v) is 1.23. The second kappa shape index (κ2) is 5.46. The first-order valence-corrected chi connectivity index (χ1v) is 4.95. The molecule has 82 valence electrons. The highest BCUT2D eigenvalue weighted by molar-refractivity contribution is 5.80. The van der Waals surface area contributed by atoms with E-state index in [9.17, 15) is 4.79 Å². The van der Waals surface area contributed by atoms with Crippen LogP contribution in [0.15, 0.2) is 24.4 Å². The van der Waals surface area contributed by atoms with Crippen molar-refractivity contribution in [1.82, 2.24) is 15.2 Å². The van der Waals surface area contributed by atoms with E-state index in [1.807, 2.05) is 25.1 Å². The van der Waals surface area contributed by atoms with Crippen molar-refractivity contribution in [2.75, 3.05) is 14.1 Å². The molecule has 0 radical (unpaired) electrons. The van der Waals surface area contributed by atoms with E-state index in [4.69, 9.17) is 0 Å². The van der Waals surface area contributed by atoms with Gasteiger partial charge in [0.25, 0.3) is 0 Å². The van der Waals surface area contributed by atoms with Crippen LogP contribution in [-0.4, -0.2) is 35.9 Å². The third kappa shape index (κ3) is 3.67. The van der Waals surface area contributed by atoms with E-state index in [1.54, 1.807) is 25.2 Å². The van der Waals surface area contributed by atoms with Gasteiger partial charge in [0.1, 0.15) is 0 Å². The second-order valence-electron chi connectivity index (χ2n) is 3.66. The molecule has 0 aliphatic heterocycles. The van der Waals surface area contributed by atoms with Crippen LogP contribution in [0.25, 0.3) is 0 Å². The molecule has 0 aliphatic rings. The lowest BCUT2D eigenvalue weighted by atomic mass is 10.3. The Kier molecular flexibility index (Phi) is 4.24. The third-order valence-electron chi connectivity index (χ3n) is 2.13. The maximum absolute atomic E-state index is 11.5. The van der Waals surface area contributed by atoms with Gasteiger partial charge < -0.3 is 10.2 Å². The van der Waals surface area contributed by atoms with E-state index in [0.29, 0.717) is 6.54 Å². The molecule has 0 aliphatic carbocycles. The summed E-state index contributed by atoms with van der Waals surface area (Å²) in [5.74, 6) is 0.0749. The molecule has 0 fully saturated rings. The molecule has 1 aromatic heterocycles. The molecule has 1 N–H and O–H groups in total. The minimum absolute atomic E-state index is 0.0749. The van der Waals surface area contributed by atoms with Crippen LogP contribution in [-0.2, 0) is 11.3 Å². The van der Waals surface area contributed by atoms with Gasteiger partial charge in [-0.2, -0.15) is 0 Å². The number of nitrogens with zero attached hydrogens (tertiary/aromatic N) is 2. The highest BCUT2D eigenvalue weighted by Gasteiger charge is 2.13. The van der Waals surface area contributed by atoms with Gasteiger partial charge in [-0.05, 0) is 19.1 Å². The molecule has 0 aromatic carbocycles. The van der Waals surface area contributed by atoms with E-state index in [1.165, 1.54) is 0 Å². The lowest BCUT2D eigenvalue weighted by molar-refractivity contribution is -0.130. The molecule has 4 heteroatoms. The fourth-order valence-electron chi connectivity index (χ4n) is 1.23. The number of rotatable bonds is 4. The van der Waals surface area contributed by atoms with Crippen molar-refractivity contribution in [2.24, 2.45) is 0 Å². The molecule has 1 heterocycles. The summed E-state index contributed by atoms with van der Waals surface area (Å²) in [6.07, 6.45) is 1.75. The van der Waals surface area contributed by atoms with Crippen molar-refractivity contribution >= 4 is 5.91 Å². The first-order valence-electron chi connectivity index (χ1n) is 4.95. The summed E-state index contributed by atoms with van der Waals surface area (Å²) in [4.78, 5) is 17.3. The standard InChI is InChI=1S/C11H17N3O/c1-9(11(15)14(2)3)13-8-10-6-4-5-7-12-10/h4-7,9,13H,8H2,1-3H3/t9-/m1/s1. The molecule has 1 amide bonds. The molecule has 1 rings (SSSR count). The average molecular weight is 207 g/mol. The Balaban J connectivity index is 2.41. The molecular formula is C11H17N3O. The van der Waals surface area contributed by atoms with Gasteiger partial charge in [-0.25, -0.2) is 0 Å². The Labute approximate surface area is 90.3 Å². The van der Waals surface area contributed by atoms with Crippen LogP contribution in [0.1, 0.15) is 12.6 Å². The number of hydrogen-bond donors (Lipinski definition) is 1. The highest BCUT2D eigenvalue weighted by atomic mass is 16.2. The molecule has 0 saturated carbocycles. The summed E-state index contributed by atoms with van der Waals surface area (Å²) < 4.78 is 0. The van der Waals surface area contributed by atoms with E-state index in [2.05, 4.69) is 10.3 Å². The number of likely N-dealkylation sites (N-methyl/N-ethyl adjacent to an activating group) is 1. The molecular weight excluding hydrogens is 190 g/mol. The van der Waals surface area contributed by atoms with E-state index in [0.717, 1.165) is 5.69 Å². The second-order valence-corrected chi connectivity index (χ2v) is 3.66. The van der Waals surface area contributed by atoms with Crippen molar-refractivity contribution in [3.8, 4) is 0 Å². The lowest BCUT2D eigenvalue weighted by Gasteiger charge is -2.17. The number of aromatic nitrogens is 1. The topological polar surface area (TPSA) is 45.2 Å². The Bertz CT molecular complexity index is 311. The summed E-state index contributed by atoms with van der Waals surface area (Å²) in [7, 11) is 3.50. The van der Waals surface area contributed by atoms with Gasteiger partial charge in [0.15, 0.2) is 0 Å². The summed E-state index contributed by atoms with van der Waals surface area (Å²) in [5.41, 5.74) is 0.941. The SMILES string of the molecule is C[C@@H](NCc1ccccn1)C(=O)N(C)C. The van der Waals surface area contributed by atoms with Gasteiger partial charge in [-0.1, -0.05) is 6.07 Å². The summed E-state index contributed by atoms with van der Waals surface area (Å²) in [5, 5.41) is 3.13. The van der Waals surface area contributed by atoms with Crippen LogP contribution in [0.4, 0.5) is 0 Å². The maximum atomic E-state index is 11.5. The first-order chi connectivity index (χ1) is 7.11. The summed E-state index contributed by atoms with van der Waals surface area (Å²) in [6, 6.07) is 5.56. The van der Waals surface area contributed by atoms with Crippen LogP contribution >= 0.6 is 0 Å².